The Balaban J connectivity index is 3.33. The predicted molar refractivity (Wildman–Crippen MR) is 22.0 cm³/mol. The predicted octanol–water partition coefficient (Wildman–Crippen LogP) is -0.808. The fraction of sp³-hybridized carbons (Fsp3) is 0. The van der Waals surface area contributed by atoms with Crippen LogP contribution in [0.5, 0.6) is 0 Å². The molecule has 0 rings (SSSR count). The van der Waals surface area contributed by atoms with Gasteiger partial charge in [-0.05, 0) is 0 Å². The van der Waals surface area contributed by atoms with Gasteiger partial charge in [0.05, 0.1) is 0 Å². The molecule has 0 atom stereocenters. The van der Waals surface area contributed by atoms with E-state index in [-0.39, 0.29) is 0 Å². The number of carbonyl (C=O) groups excluding carboxylic acids is 2. The van der Waals surface area contributed by atoms with Gasteiger partial charge in [0.2, 0.25) is 0 Å². The van der Waals surface area contributed by atoms with Gasteiger partial charge in [-0.25, -0.2) is 0 Å². The molecular weight excluding hydrogens is 212 g/mol. The molecule has 0 fully saturated rings. The average molecular weight is 212 g/mol. The van der Waals surface area contributed by atoms with Crippen LogP contribution >= 0.6 is 0 Å². The van der Waals surface area contributed by atoms with Crippen LogP contribution in [0.25, 0.3) is 0 Å². The second-order valence-corrected chi connectivity index (χ2v) is 1.96. The van der Waals surface area contributed by atoms with Gasteiger partial charge in [0, 0.05) is 0 Å². The molecule has 0 radical (unpaired) electrons. The van der Waals surface area contributed by atoms with Crippen molar-refractivity contribution < 1.29 is 9.59 Å². The second kappa shape index (κ2) is 5.55. The van der Waals surface area contributed by atoms with E-state index in [0.717, 1.165) is 0 Å². The van der Waals surface area contributed by atoms with Crippen LogP contribution in [0.1, 0.15) is 0 Å². The second-order valence-electron chi connectivity index (χ2n) is 0.447. The van der Waals surface area contributed by atoms with Crippen LogP contribution in [0.4, 0.5) is 0 Å². The van der Waals surface area contributed by atoms with E-state index in [2.05, 4.69) is 6.49 Å². The monoisotopic (exact) mass is 214 g/mol. The van der Waals surface area contributed by atoms with Crippen molar-refractivity contribution in [2.75, 3.05) is 0 Å². The molecule has 0 aromatic heterocycles. The molecular formula is C2N2O2Te. The molecule has 0 N–H and O–H groups in total. The van der Waals surface area contributed by atoms with Crippen LogP contribution in [-0.4, -0.2) is 33.6 Å². The van der Waals surface area contributed by atoms with Crippen molar-refractivity contribution in [3.05, 3.63) is 0 Å². The third-order valence-corrected chi connectivity index (χ3v) is 1.05. The molecule has 0 aliphatic carbocycles. The molecule has 0 bridgehead atoms. The first-order valence-corrected chi connectivity index (χ1v) is 3.30. The number of nitrogens with zero attached hydrogens (tertiary/aromatic N) is 2. The van der Waals surface area contributed by atoms with Crippen LogP contribution in [0.3, 0.4) is 0 Å². The summed E-state index contributed by atoms with van der Waals surface area (Å²) in [5, 5.41) is 0. The Morgan fingerprint density at radius 2 is 1.57 bits per heavy atom. The van der Waals surface area contributed by atoms with Gasteiger partial charge >= 0.3 is 49.7 Å². The summed E-state index contributed by atoms with van der Waals surface area (Å²) in [6.07, 6.45) is 2.53. The molecule has 0 saturated heterocycles. The van der Waals surface area contributed by atoms with E-state index in [1.165, 1.54) is 12.2 Å². The zero-order valence-corrected chi connectivity index (χ0v) is 5.45. The molecule has 0 unspecified atom stereocenters. The fourth-order valence-corrected chi connectivity index (χ4v) is 0.361. The molecule has 4 nitrogen and oxygen atoms in total. The van der Waals surface area contributed by atoms with E-state index in [0.29, 0.717) is 0 Å². The normalized spacial score (nSPS) is 5.71. The fourth-order valence-electron chi connectivity index (χ4n) is 0.0537. The molecule has 0 aromatic rings. The summed E-state index contributed by atoms with van der Waals surface area (Å²) >= 11 is -1.12. The first kappa shape index (κ1) is 6.55. The van der Waals surface area contributed by atoms with Crippen molar-refractivity contribution in [3.8, 4) is 0 Å². The summed E-state index contributed by atoms with van der Waals surface area (Å²) in [7, 11) is 0. The summed E-state index contributed by atoms with van der Waals surface area (Å²) in [6.45, 7) is 0. The van der Waals surface area contributed by atoms with Gasteiger partial charge in [-0.3, -0.25) is 0 Å². The number of isocyanates is 2. The average Bonchev–Trinajstić information content (AvgIpc) is 1.69. The van der Waals surface area contributed by atoms with E-state index in [1.807, 2.05) is 0 Å². The zero-order valence-electron chi connectivity index (χ0n) is 3.12. The minimum absolute atomic E-state index is 1.12. The van der Waals surface area contributed by atoms with Gasteiger partial charge in [-0.2, -0.15) is 0 Å². The maximum atomic E-state index is 9.23. The SMILES string of the molecule is O=C=N[Te]N=C=O. The number of rotatable bonds is 2. The standard InChI is InChI=1S/C2N2O2Te/c5-1-3-7-4-2-6. The third kappa shape index (κ3) is 5.55. The Bertz CT molecular complexity index is 117. The molecule has 0 aliphatic heterocycles. The Morgan fingerprint density at radius 1 is 1.14 bits per heavy atom. The molecule has 0 heterocycles. The van der Waals surface area contributed by atoms with Crippen LogP contribution in [0.2, 0.25) is 0 Å². The van der Waals surface area contributed by atoms with Gasteiger partial charge < -0.3 is 0 Å². The van der Waals surface area contributed by atoms with Gasteiger partial charge in [-0.1, -0.05) is 0 Å². The van der Waals surface area contributed by atoms with Crippen LogP contribution in [0.15, 0.2) is 6.49 Å². The minimum atomic E-state index is -1.12. The first-order chi connectivity index (χ1) is 3.41. The summed E-state index contributed by atoms with van der Waals surface area (Å²) in [6, 6.07) is 0. The number of hydrogen-bond donors (Lipinski definition) is 0. The molecule has 0 saturated carbocycles. The Hall–Kier alpha value is -0.450. The molecule has 0 spiro atoms. The quantitative estimate of drug-likeness (QED) is 0.341. The topological polar surface area (TPSA) is 58.9 Å². The van der Waals surface area contributed by atoms with Gasteiger partial charge in [0.15, 0.2) is 0 Å². The molecule has 0 aliphatic rings. The van der Waals surface area contributed by atoms with Gasteiger partial charge in [0.1, 0.15) is 0 Å². The Labute approximate surface area is 50.1 Å². The van der Waals surface area contributed by atoms with Crippen molar-refractivity contribution in [2.24, 2.45) is 6.49 Å². The van der Waals surface area contributed by atoms with Crippen molar-refractivity contribution in [1.29, 1.82) is 0 Å². The number of hydrogen-bond acceptors (Lipinski definition) is 4. The van der Waals surface area contributed by atoms with E-state index < -0.39 is 21.5 Å². The van der Waals surface area contributed by atoms with Gasteiger partial charge in [-0.15, -0.1) is 0 Å². The maximum absolute atomic E-state index is 9.23. The van der Waals surface area contributed by atoms with E-state index in [4.69, 9.17) is 0 Å². The summed E-state index contributed by atoms with van der Waals surface area (Å²) < 4.78 is 6.11. The molecule has 5 heteroatoms. The Morgan fingerprint density at radius 3 is 1.86 bits per heavy atom. The summed E-state index contributed by atoms with van der Waals surface area (Å²) in [4.78, 5) is 18.5. The molecule has 36 valence electrons. The summed E-state index contributed by atoms with van der Waals surface area (Å²) in [5.74, 6) is 0. The van der Waals surface area contributed by atoms with Crippen LogP contribution in [-0.2, 0) is 9.59 Å². The molecule has 7 heavy (non-hydrogen) atoms. The van der Waals surface area contributed by atoms with Crippen molar-refractivity contribution in [1.82, 2.24) is 0 Å². The molecule has 0 aromatic carbocycles. The Kier molecular flexibility index (Phi) is 5.19. The first-order valence-electron chi connectivity index (χ1n) is 1.22. The van der Waals surface area contributed by atoms with Crippen molar-refractivity contribution >= 4 is 33.6 Å². The van der Waals surface area contributed by atoms with Crippen LogP contribution < -0.4 is 0 Å². The van der Waals surface area contributed by atoms with E-state index >= 15 is 0 Å². The molecule has 0 amide bonds. The zero-order chi connectivity index (χ0) is 5.54. The third-order valence-electron chi connectivity index (χ3n) is 0.156. The van der Waals surface area contributed by atoms with Gasteiger partial charge in [0.25, 0.3) is 0 Å². The van der Waals surface area contributed by atoms with Crippen molar-refractivity contribution in [2.45, 2.75) is 0 Å². The van der Waals surface area contributed by atoms with Crippen LogP contribution in [0, 0.1) is 0 Å². The van der Waals surface area contributed by atoms with Crippen molar-refractivity contribution in [3.63, 3.8) is 0 Å². The summed E-state index contributed by atoms with van der Waals surface area (Å²) in [5.41, 5.74) is 0. The van der Waals surface area contributed by atoms with E-state index in [9.17, 15) is 9.59 Å². The van der Waals surface area contributed by atoms with E-state index in [1.54, 1.807) is 0 Å².